The Hall–Kier alpha value is -1.13. The van der Waals surface area contributed by atoms with Crippen LogP contribution in [0.4, 0.5) is 4.39 Å². The fourth-order valence-corrected chi connectivity index (χ4v) is 2.36. The van der Waals surface area contributed by atoms with Gasteiger partial charge in [0.05, 0.1) is 20.3 Å². The third-order valence-corrected chi connectivity index (χ3v) is 3.23. The van der Waals surface area contributed by atoms with Crippen molar-refractivity contribution in [3.8, 4) is 5.75 Å². The highest BCUT2D eigenvalue weighted by molar-refractivity contribution is 5.35. The van der Waals surface area contributed by atoms with Gasteiger partial charge >= 0.3 is 0 Å². The lowest BCUT2D eigenvalue weighted by atomic mass is 9.74. The maximum absolute atomic E-state index is 13.7. The summed E-state index contributed by atoms with van der Waals surface area (Å²) in [6, 6.07) is 5.16. The number of hydrogen-bond acceptors (Lipinski definition) is 3. The van der Waals surface area contributed by atoms with E-state index >= 15 is 0 Å². The molecule has 0 aromatic heterocycles. The van der Waals surface area contributed by atoms with Crippen LogP contribution in [0.3, 0.4) is 0 Å². The van der Waals surface area contributed by atoms with Gasteiger partial charge in [-0.25, -0.2) is 4.39 Å². The first-order chi connectivity index (χ1) is 8.07. The van der Waals surface area contributed by atoms with E-state index in [0.29, 0.717) is 13.2 Å². The van der Waals surface area contributed by atoms with Gasteiger partial charge < -0.3 is 15.2 Å². The van der Waals surface area contributed by atoms with Gasteiger partial charge in [-0.2, -0.15) is 0 Å². The smallest absolute Gasteiger partial charge is 0.165 e. The summed E-state index contributed by atoms with van der Waals surface area (Å²) in [6.45, 7) is 3.18. The Morgan fingerprint density at radius 2 is 2.24 bits per heavy atom. The van der Waals surface area contributed by atoms with Gasteiger partial charge in [0.1, 0.15) is 0 Å². The Balaban J connectivity index is 2.28. The number of benzene rings is 1. The molecule has 3 nitrogen and oxygen atoms in total. The summed E-state index contributed by atoms with van der Waals surface area (Å²) in [4.78, 5) is 0. The van der Waals surface area contributed by atoms with Crippen molar-refractivity contribution in [1.82, 2.24) is 0 Å². The van der Waals surface area contributed by atoms with Gasteiger partial charge in [0.15, 0.2) is 11.6 Å². The highest BCUT2D eigenvalue weighted by Crippen LogP contribution is 2.37. The lowest BCUT2D eigenvalue weighted by Gasteiger charge is -2.43. The lowest BCUT2D eigenvalue weighted by Crippen LogP contribution is -2.49. The third kappa shape index (κ3) is 2.28. The minimum absolute atomic E-state index is 0.0732. The number of rotatable bonds is 4. The van der Waals surface area contributed by atoms with Crippen LogP contribution in [-0.2, 0) is 10.2 Å². The second-order valence-corrected chi connectivity index (χ2v) is 4.80. The highest BCUT2D eigenvalue weighted by atomic mass is 19.1. The molecule has 2 rings (SSSR count). The van der Waals surface area contributed by atoms with Gasteiger partial charge in [0.25, 0.3) is 0 Å². The summed E-state index contributed by atoms with van der Waals surface area (Å²) in [7, 11) is 1.46. The number of nitrogens with two attached hydrogens (primary N) is 1. The zero-order chi connectivity index (χ0) is 12.5. The van der Waals surface area contributed by atoms with Crippen LogP contribution in [0.1, 0.15) is 18.9 Å². The SMILES string of the molecule is COc1ccc(C2(CC(C)N)COC2)cc1F. The van der Waals surface area contributed by atoms with Crippen molar-refractivity contribution in [2.75, 3.05) is 20.3 Å². The van der Waals surface area contributed by atoms with Crippen LogP contribution in [0.25, 0.3) is 0 Å². The summed E-state index contributed by atoms with van der Waals surface area (Å²) in [6.07, 6.45) is 0.804. The molecule has 0 spiro atoms. The van der Waals surface area contributed by atoms with E-state index in [4.69, 9.17) is 15.2 Å². The first kappa shape index (κ1) is 12.3. The van der Waals surface area contributed by atoms with E-state index in [9.17, 15) is 4.39 Å². The van der Waals surface area contributed by atoms with Crippen LogP contribution in [0.2, 0.25) is 0 Å². The predicted octanol–water partition coefficient (Wildman–Crippen LogP) is 1.84. The molecule has 1 saturated heterocycles. The molecule has 1 atom stereocenters. The largest absolute Gasteiger partial charge is 0.494 e. The molecule has 1 aliphatic heterocycles. The zero-order valence-electron chi connectivity index (χ0n) is 10.2. The Kier molecular flexibility index (Phi) is 3.35. The van der Waals surface area contributed by atoms with E-state index < -0.39 is 0 Å². The Labute approximate surface area is 101 Å². The van der Waals surface area contributed by atoms with Crippen molar-refractivity contribution >= 4 is 0 Å². The van der Waals surface area contributed by atoms with Gasteiger partial charge in [0, 0.05) is 11.5 Å². The number of hydrogen-bond donors (Lipinski definition) is 1. The molecular weight excluding hydrogens is 221 g/mol. The molecular formula is C13H18FNO2. The van der Waals surface area contributed by atoms with Crippen LogP contribution in [0.15, 0.2) is 18.2 Å². The lowest BCUT2D eigenvalue weighted by molar-refractivity contribution is -0.0666. The Morgan fingerprint density at radius 3 is 2.65 bits per heavy atom. The summed E-state index contributed by atoms with van der Waals surface area (Å²) in [5.41, 5.74) is 6.67. The Morgan fingerprint density at radius 1 is 1.53 bits per heavy atom. The average Bonchev–Trinajstić information content (AvgIpc) is 2.23. The van der Waals surface area contributed by atoms with Gasteiger partial charge in [0.2, 0.25) is 0 Å². The molecule has 1 unspecified atom stereocenters. The number of ether oxygens (including phenoxy) is 2. The molecule has 1 aromatic rings. The van der Waals surface area contributed by atoms with Crippen LogP contribution < -0.4 is 10.5 Å². The van der Waals surface area contributed by atoms with Crippen molar-refractivity contribution in [3.63, 3.8) is 0 Å². The van der Waals surface area contributed by atoms with E-state index in [0.717, 1.165) is 12.0 Å². The maximum Gasteiger partial charge on any atom is 0.165 e. The fraction of sp³-hybridized carbons (Fsp3) is 0.538. The monoisotopic (exact) mass is 239 g/mol. The number of methoxy groups -OCH3 is 1. The molecule has 1 aliphatic rings. The molecule has 94 valence electrons. The van der Waals surface area contributed by atoms with Crippen LogP contribution in [0, 0.1) is 5.82 Å². The molecule has 0 radical (unpaired) electrons. The van der Waals surface area contributed by atoms with Crippen molar-refractivity contribution in [2.45, 2.75) is 24.8 Å². The molecule has 0 bridgehead atoms. The summed E-state index contributed by atoms with van der Waals surface area (Å²) < 4.78 is 23.9. The van der Waals surface area contributed by atoms with Crippen molar-refractivity contribution in [3.05, 3.63) is 29.6 Å². The predicted molar refractivity (Wildman–Crippen MR) is 63.7 cm³/mol. The molecule has 17 heavy (non-hydrogen) atoms. The van der Waals surface area contributed by atoms with Crippen molar-refractivity contribution < 1.29 is 13.9 Å². The highest BCUT2D eigenvalue weighted by Gasteiger charge is 2.41. The van der Waals surface area contributed by atoms with Gasteiger partial charge in [-0.15, -0.1) is 0 Å². The van der Waals surface area contributed by atoms with Crippen molar-refractivity contribution in [1.29, 1.82) is 0 Å². The first-order valence-electron chi connectivity index (χ1n) is 5.75. The summed E-state index contributed by atoms with van der Waals surface area (Å²) in [5.74, 6) is -0.0640. The maximum atomic E-state index is 13.7. The molecule has 0 saturated carbocycles. The Bertz CT molecular complexity index is 402. The summed E-state index contributed by atoms with van der Waals surface area (Å²) >= 11 is 0. The molecule has 1 fully saturated rings. The molecule has 1 heterocycles. The second kappa shape index (κ2) is 4.63. The van der Waals surface area contributed by atoms with E-state index in [1.54, 1.807) is 6.07 Å². The molecule has 1 aromatic carbocycles. The first-order valence-corrected chi connectivity index (χ1v) is 5.75. The number of halogens is 1. The van der Waals surface area contributed by atoms with E-state index in [-0.39, 0.29) is 23.0 Å². The van der Waals surface area contributed by atoms with Gasteiger partial charge in [-0.3, -0.25) is 0 Å². The third-order valence-electron chi connectivity index (χ3n) is 3.23. The van der Waals surface area contributed by atoms with Gasteiger partial charge in [-0.1, -0.05) is 6.07 Å². The molecule has 0 aliphatic carbocycles. The van der Waals surface area contributed by atoms with Crippen LogP contribution in [0.5, 0.6) is 5.75 Å². The molecule has 0 amide bonds. The fourth-order valence-electron chi connectivity index (χ4n) is 2.36. The van der Waals surface area contributed by atoms with E-state index in [1.165, 1.54) is 13.2 Å². The minimum atomic E-state index is -0.332. The molecule has 2 N–H and O–H groups in total. The normalized spacial score (nSPS) is 19.5. The average molecular weight is 239 g/mol. The van der Waals surface area contributed by atoms with Crippen molar-refractivity contribution in [2.24, 2.45) is 5.73 Å². The van der Waals surface area contributed by atoms with Gasteiger partial charge in [-0.05, 0) is 31.0 Å². The topological polar surface area (TPSA) is 44.5 Å². The molecule has 4 heteroatoms. The van der Waals surface area contributed by atoms with E-state index in [1.807, 2.05) is 13.0 Å². The van der Waals surface area contributed by atoms with E-state index in [2.05, 4.69) is 0 Å². The van der Waals surface area contributed by atoms with Crippen LogP contribution in [-0.4, -0.2) is 26.4 Å². The minimum Gasteiger partial charge on any atom is -0.494 e. The summed E-state index contributed by atoms with van der Waals surface area (Å²) in [5, 5.41) is 0. The van der Waals surface area contributed by atoms with Crippen LogP contribution >= 0.6 is 0 Å². The standard InChI is InChI=1S/C13H18FNO2/c1-9(15)6-13(7-17-8-13)10-3-4-12(16-2)11(14)5-10/h3-5,9H,6-8,15H2,1-2H3. The zero-order valence-corrected chi connectivity index (χ0v) is 10.2. The quantitative estimate of drug-likeness (QED) is 0.872. The second-order valence-electron chi connectivity index (χ2n) is 4.80.